The maximum absolute atomic E-state index is 12.7. The number of anilines is 1. The number of phenolic OH excluding ortho intramolecular Hbond substituents is 1. The first kappa shape index (κ1) is 36.2. The Morgan fingerprint density at radius 2 is 1.57 bits per heavy atom. The highest BCUT2D eigenvalue weighted by atomic mass is 32.1. The molecule has 1 heterocycles. The summed E-state index contributed by atoms with van der Waals surface area (Å²) in [7, 11) is 0. The fourth-order valence-electron chi connectivity index (χ4n) is 5.53. The van der Waals surface area contributed by atoms with Gasteiger partial charge < -0.3 is 35.7 Å². The average molecular weight is 711 g/mol. The monoisotopic (exact) mass is 710 g/mol. The van der Waals surface area contributed by atoms with Crippen molar-refractivity contribution >= 4 is 51.8 Å². The van der Waals surface area contributed by atoms with Crippen molar-refractivity contribution in [2.75, 3.05) is 18.4 Å². The number of aromatic carboxylic acids is 1. The molecule has 13 nitrogen and oxygen atoms in total. The van der Waals surface area contributed by atoms with Gasteiger partial charge in [0.05, 0.1) is 5.56 Å². The first-order valence-electron chi connectivity index (χ1n) is 15.8. The van der Waals surface area contributed by atoms with Crippen molar-refractivity contribution in [1.29, 1.82) is 0 Å². The molecule has 3 aromatic rings. The molecule has 1 aliphatic carbocycles. The fourth-order valence-corrected chi connectivity index (χ4v) is 5.80. The van der Waals surface area contributed by atoms with E-state index in [2.05, 4.69) is 5.32 Å². The number of nitrogens with zero attached hydrogens (tertiary/aromatic N) is 2. The summed E-state index contributed by atoms with van der Waals surface area (Å²) in [6, 6.07) is 21.2. The maximum atomic E-state index is 12.7. The predicted molar refractivity (Wildman–Crippen MR) is 194 cm³/mol. The normalized spacial score (nSPS) is 11.2. The van der Waals surface area contributed by atoms with Gasteiger partial charge in [0.15, 0.2) is 10.5 Å². The van der Waals surface area contributed by atoms with Crippen LogP contribution in [0.1, 0.15) is 34.3 Å². The third-order valence-corrected chi connectivity index (χ3v) is 8.40. The number of hydrogen-bond donors (Lipinski definition) is 6. The number of hydrogen-bond acceptors (Lipinski definition) is 9. The molecule has 0 unspecified atom stereocenters. The Balaban J connectivity index is 1.41. The maximum Gasteiger partial charge on any atom is 0.336 e. The molecule has 262 valence electrons. The van der Waals surface area contributed by atoms with Crippen LogP contribution >= 0.6 is 12.2 Å². The number of carboxylic acid groups (broad SMARTS) is 2. The number of fused-ring (bicyclic) bond motifs is 2. The Hall–Kier alpha value is -6.09. The summed E-state index contributed by atoms with van der Waals surface area (Å²) in [6.07, 6.45) is 2.25. The van der Waals surface area contributed by atoms with E-state index >= 15 is 0 Å². The molecule has 1 aliphatic heterocycles. The van der Waals surface area contributed by atoms with Crippen molar-refractivity contribution in [3.8, 4) is 28.2 Å². The van der Waals surface area contributed by atoms with E-state index in [1.165, 1.54) is 30.3 Å². The molecule has 5 rings (SSSR count). The SMILES string of the molecule is NCc1ccc(CN(CCCCN(O)C(=O)/C=C/C(=O)O)C(=S)Nc2ccc(-c3c4ccc(=O)cc-4oc4cc(O)ccc34)c(C(=O)O)c2)cc1. The third-order valence-electron chi connectivity index (χ3n) is 8.04. The molecule has 1 amide bonds. The van der Waals surface area contributed by atoms with Gasteiger partial charge in [-0.25, -0.2) is 14.7 Å². The number of unbranched alkanes of at least 4 members (excludes halogenated alkanes) is 1. The van der Waals surface area contributed by atoms with Gasteiger partial charge in [-0.3, -0.25) is 14.8 Å². The summed E-state index contributed by atoms with van der Waals surface area (Å²) in [4.78, 5) is 49.3. The van der Waals surface area contributed by atoms with E-state index in [9.17, 15) is 34.6 Å². The number of benzene rings is 4. The minimum absolute atomic E-state index is 0.0443. The third kappa shape index (κ3) is 8.93. The second kappa shape index (κ2) is 16.1. The molecule has 51 heavy (non-hydrogen) atoms. The molecule has 7 N–H and O–H groups in total. The summed E-state index contributed by atoms with van der Waals surface area (Å²) >= 11 is 5.80. The summed E-state index contributed by atoms with van der Waals surface area (Å²) in [6.45, 7) is 1.11. The Labute approximate surface area is 296 Å². The second-order valence-electron chi connectivity index (χ2n) is 11.6. The van der Waals surface area contributed by atoms with Crippen LogP contribution in [0.2, 0.25) is 0 Å². The zero-order valence-corrected chi connectivity index (χ0v) is 27.9. The van der Waals surface area contributed by atoms with Crippen molar-refractivity contribution in [3.05, 3.63) is 118 Å². The molecule has 14 heteroatoms. The van der Waals surface area contributed by atoms with Crippen LogP contribution < -0.4 is 16.5 Å². The van der Waals surface area contributed by atoms with Crippen LogP contribution in [0.4, 0.5) is 5.69 Å². The number of rotatable bonds is 13. The molecular formula is C37H34N4O9S. The Kier molecular flexibility index (Phi) is 11.4. The lowest BCUT2D eigenvalue weighted by Gasteiger charge is -2.27. The molecule has 0 radical (unpaired) electrons. The number of carbonyl (C=O) groups is 3. The number of aromatic hydroxyl groups is 1. The fraction of sp³-hybridized carbons (Fsp3) is 0.162. The molecule has 0 atom stereocenters. The van der Waals surface area contributed by atoms with Crippen molar-refractivity contribution in [2.45, 2.75) is 25.9 Å². The highest BCUT2D eigenvalue weighted by Crippen LogP contribution is 2.42. The summed E-state index contributed by atoms with van der Waals surface area (Å²) in [5.74, 6) is -3.20. The van der Waals surface area contributed by atoms with Gasteiger partial charge in [0.25, 0.3) is 5.91 Å². The standard InChI is InChI=1S/C37H34N4O9S/c38-20-22-3-5-23(6-4-22)21-40(15-1-2-16-41(49)33(44)13-14-34(45)46)37(51)39-24-7-10-27(30(17-24)36(47)48)35-28-11-8-25(42)18-31(28)50-32-19-26(43)9-12-29(32)35/h3-14,17-19,42,49H,1-2,15-16,20-21,38H2,(H,39,51)(H,45,46)(H,47,48)/b14-13+. The number of nitrogens with two attached hydrogens (primary N) is 1. The van der Waals surface area contributed by atoms with Gasteiger partial charge in [0, 0.05) is 72.7 Å². The lowest BCUT2D eigenvalue weighted by Crippen LogP contribution is -2.35. The van der Waals surface area contributed by atoms with Crippen LogP contribution in [0.15, 0.2) is 100 Å². The summed E-state index contributed by atoms with van der Waals surface area (Å²) < 4.78 is 5.91. The highest BCUT2D eigenvalue weighted by Gasteiger charge is 2.23. The molecule has 0 fully saturated rings. The Morgan fingerprint density at radius 3 is 2.27 bits per heavy atom. The van der Waals surface area contributed by atoms with Crippen LogP contribution in [0.25, 0.3) is 33.4 Å². The van der Waals surface area contributed by atoms with Crippen molar-refractivity contribution in [3.63, 3.8) is 0 Å². The summed E-state index contributed by atoms with van der Waals surface area (Å²) in [5, 5.41) is 43.6. The quantitative estimate of drug-likeness (QED) is 0.0230. The average Bonchev–Trinajstić information content (AvgIpc) is 3.10. The molecule has 0 saturated heterocycles. The number of aliphatic carboxylic acids is 1. The first-order chi connectivity index (χ1) is 24.4. The molecule has 0 bridgehead atoms. The van der Waals surface area contributed by atoms with Crippen molar-refractivity contribution in [1.82, 2.24) is 9.96 Å². The van der Waals surface area contributed by atoms with Crippen molar-refractivity contribution in [2.24, 2.45) is 5.73 Å². The lowest BCUT2D eigenvalue weighted by molar-refractivity contribution is -0.159. The molecular weight excluding hydrogens is 676 g/mol. The van der Waals surface area contributed by atoms with E-state index in [1.807, 2.05) is 29.2 Å². The number of thiocarbonyl (C=S) groups is 1. The van der Waals surface area contributed by atoms with E-state index < -0.39 is 17.8 Å². The number of phenols is 1. The van der Waals surface area contributed by atoms with Crippen LogP contribution in [0, 0.1) is 0 Å². The largest absolute Gasteiger partial charge is 0.508 e. The van der Waals surface area contributed by atoms with Gasteiger partial charge in [-0.2, -0.15) is 0 Å². The van der Waals surface area contributed by atoms with Gasteiger partial charge in [-0.05, 0) is 78.1 Å². The predicted octanol–water partition coefficient (Wildman–Crippen LogP) is 5.27. The smallest absolute Gasteiger partial charge is 0.336 e. The van der Waals surface area contributed by atoms with Crippen LogP contribution in [-0.2, 0) is 22.7 Å². The molecule has 0 saturated carbocycles. The van der Waals surface area contributed by atoms with Gasteiger partial charge in [-0.15, -0.1) is 0 Å². The lowest BCUT2D eigenvalue weighted by atomic mass is 9.90. The van der Waals surface area contributed by atoms with Gasteiger partial charge in [0.2, 0.25) is 0 Å². The van der Waals surface area contributed by atoms with E-state index in [1.54, 1.807) is 24.3 Å². The number of carbonyl (C=O) groups excluding carboxylic acids is 1. The van der Waals surface area contributed by atoms with Gasteiger partial charge in [-0.1, -0.05) is 30.3 Å². The number of nitrogens with one attached hydrogen (secondary N) is 1. The topological polar surface area (TPSA) is 207 Å². The summed E-state index contributed by atoms with van der Waals surface area (Å²) in [5.41, 5.74) is 9.33. The first-order valence-corrected chi connectivity index (χ1v) is 16.2. The second-order valence-corrected chi connectivity index (χ2v) is 12.0. The minimum atomic E-state index is -1.31. The van der Waals surface area contributed by atoms with E-state index in [4.69, 9.17) is 27.5 Å². The zero-order valence-electron chi connectivity index (χ0n) is 27.1. The van der Waals surface area contributed by atoms with Gasteiger partial charge >= 0.3 is 11.9 Å². The molecule has 2 aliphatic rings. The molecule has 0 aromatic heterocycles. The molecule has 0 spiro atoms. The number of carboxylic acids is 2. The number of amides is 1. The van der Waals surface area contributed by atoms with Crippen LogP contribution in [0.3, 0.4) is 0 Å². The zero-order chi connectivity index (χ0) is 36.7. The van der Waals surface area contributed by atoms with Crippen LogP contribution in [0.5, 0.6) is 5.75 Å². The van der Waals surface area contributed by atoms with E-state index in [0.29, 0.717) is 71.4 Å². The van der Waals surface area contributed by atoms with Gasteiger partial charge in [0.1, 0.15) is 17.1 Å². The number of hydroxylamine groups is 2. The minimum Gasteiger partial charge on any atom is -0.508 e. The Bertz CT molecular complexity index is 2160. The van der Waals surface area contributed by atoms with E-state index in [0.717, 1.165) is 17.2 Å². The van der Waals surface area contributed by atoms with Crippen LogP contribution in [-0.4, -0.2) is 66.5 Å². The van der Waals surface area contributed by atoms with E-state index in [-0.39, 0.29) is 39.7 Å². The van der Waals surface area contributed by atoms with Crippen molar-refractivity contribution < 1.29 is 39.3 Å². The Morgan fingerprint density at radius 1 is 0.863 bits per heavy atom. The highest BCUT2D eigenvalue weighted by molar-refractivity contribution is 7.80. The molecule has 3 aromatic carbocycles.